The monoisotopic (exact) mass is 380 g/mol. The van der Waals surface area contributed by atoms with Gasteiger partial charge in [0.05, 0.1) is 0 Å². The summed E-state index contributed by atoms with van der Waals surface area (Å²) in [6.45, 7) is 22.0. The van der Waals surface area contributed by atoms with E-state index in [0.29, 0.717) is 23.7 Å². The lowest BCUT2D eigenvalue weighted by Crippen LogP contribution is -2.36. The summed E-state index contributed by atoms with van der Waals surface area (Å²) in [5.74, 6) is 2.61. The van der Waals surface area contributed by atoms with Crippen LogP contribution >= 0.6 is 0 Å². The molecule has 0 fully saturated rings. The van der Waals surface area contributed by atoms with Gasteiger partial charge >= 0.3 is 0 Å². The summed E-state index contributed by atoms with van der Waals surface area (Å²) in [4.78, 5) is 0. The van der Waals surface area contributed by atoms with Gasteiger partial charge in [0, 0.05) is 5.41 Å². The highest BCUT2D eigenvalue weighted by atomic mass is 14.6. The molecular formula is C28H44. The van der Waals surface area contributed by atoms with Crippen molar-refractivity contribution in [2.45, 2.75) is 92.9 Å². The van der Waals surface area contributed by atoms with Gasteiger partial charge in [0.25, 0.3) is 0 Å². The second kappa shape index (κ2) is 10.8. The number of hydrogen-bond acceptors (Lipinski definition) is 0. The number of hydrogen-bond donors (Lipinski definition) is 0. The number of rotatable bonds is 0. The predicted octanol–water partition coefficient (Wildman–Crippen LogP) is 8.95. The van der Waals surface area contributed by atoms with Crippen LogP contribution in [0.5, 0.6) is 0 Å². The van der Waals surface area contributed by atoms with Gasteiger partial charge in [0.15, 0.2) is 0 Å². The third-order valence-corrected chi connectivity index (χ3v) is 6.73. The molecule has 1 spiro atoms. The van der Waals surface area contributed by atoms with Crippen LogP contribution in [0.25, 0.3) is 0 Å². The van der Waals surface area contributed by atoms with Gasteiger partial charge in [-0.3, -0.25) is 0 Å². The van der Waals surface area contributed by atoms with Gasteiger partial charge in [-0.1, -0.05) is 124 Å². The lowest BCUT2D eigenvalue weighted by Gasteiger charge is -2.38. The summed E-state index contributed by atoms with van der Waals surface area (Å²) in [5, 5.41) is 0. The molecule has 28 heavy (non-hydrogen) atoms. The summed E-state index contributed by atoms with van der Waals surface area (Å²) < 4.78 is 0. The molecule has 2 aromatic carbocycles. The molecule has 0 radical (unpaired) electrons. The first kappa shape index (κ1) is 24.5. The van der Waals surface area contributed by atoms with E-state index < -0.39 is 0 Å². The molecule has 0 aromatic heterocycles. The van der Waals surface area contributed by atoms with Gasteiger partial charge < -0.3 is 0 Å². The van der Waals surface area contributed by atoms with Crippen molar-refractivity contribution in [2.75, 3.05) is 0 Å². The second-order valence-electron chi connectivity index (χ2n) is 7.91. The van der Waals surface area contributed by atoms with Crippen LogP contribution in [0, 0.1) is 11.8 Å². The van der Waals surface area contributed by atoms with E-state index in [9.17, 15) is 0 Å². The molecule has 0 heteroatoms. The summed E-state index contributed by atoms with van der Waals surface area (Å²) in [5.41, 5.74) is 6.54. The molecule has 2 aliphatic carbocycles. The Morgan fingerprint density at radius 2 is 0.893 bits per heavy atom. The van der Waals surface area contributed by atoms with Crippen molar-refractivity contribution in [1.82, 2.24) is 0 Å². The average molecular weight is 381 g/mol. The van der Waals surface area contributed by atoms with Gasteiger partial charge in [-0.2, -0.15) is 0 Å². The van der Waals surface area contributed by atoms with Crippen LogP contribution < -0.4 is 0 Å². The highest BCUT2D eigenvalue weighted by Crippen LogP contribution is 2.64. The van der Waals surface area contributed by atoms with Crippen LogP contribution in [-0.2, 0) is 5.41 Å². The Kier molecular flexibility index (Phi) is 9.48. The molecule has 4 rings (SSSR count). The van der Waals surface area contributed by atoms with Gasteiger partial charge in [-0.25, -0.2) is 0 Å². The fourth-order valence-corrected chi connectivity index (χ4v) is 5.41. The SMILES string of the molecule is CC.CC.CC1c2ccccc2C2(c3ccccc3C(C)C2C)C1C.CCC. The molecule has 0 bridgehead atoms. The third-order valence-electron chi connectivity index (χ3n) is 6.73. The van der Waals surface area contributed by atoms with Crippen molar-refractivity contribution < 1.29 is 0 Å². The van der Waals surface area contributed by atoms with Gasteiger partial charge in [-0.15, -0.1) is 0 Å². The van der Waals surface area contributed by atoms with Crippen LogP contribution in [0.4, 0.5) is 0 Å². The van der Waals surface area contributed by atoms with E-state index in [-0.39, 0.29) is 5.41 Å². The number of fused-ring (bicyclic) bond motifs is 4. The molecule has 0 N–H and O–H groups in total. The lowest BCUT2D eigenvalue weighted by molar-refractivity contribution is 0.247. The Morgan fingerprint density at radius 1 is 0.607 bits per heavy atom. The maximum absolute atomic E-state index is 2.47. The van der Waals surface area contributed by atoms with Crippen LogP contribution in [0.15, 0.2) is 48.5 Å². The fourth-order valence-electron chi connectivity index (χ4n) is 5.41. The second-order valence-corrected chi connectivity index (χ2v) is 7.91. The fraction of sp³-hybridized carbons (Fsp3) is 0.571. The van der Waals surface area contributed by atoms with E-state index >= 15 is 0 Å². The van der Waals surface area contributed by atoms with Gasteiger partial charge in [0.1, 0.15) is 0 Å². The summed E-state index contributed by atoms with van der Waals surface area (Å²) in [7, 11) is 0. The van der Waals surface area contributed by atoms with E-state index in [1.165, 1.54) is 6.42 Å². The first-order valence-corrected chi connectivity index (χ1v) is 11.7. The molecule has 0 saturated heterocycles. The molecule has 0 heterocycles. The van der Waals surface area contributed by atoms with Crippen molar-refractivity contribution >= 4 is 0 Å². The van der Waals surface area contributed by atoms with Crippen LogP contribution in [0.1, 0.15) is 110 Å². The van der Waals surface area contributed by atoms with Gasteiger partial charge in [-0.05, 0) is 45.9 Å². The highest BCUT2D eigenvalue weighted by Gasteiger charge is 2.57. The minimum atomic E-state index is 0.214. The smallest absolute Gasteiger partial charge is 0.0271 e. The summed E-state index contributed by atoms with van der Waals surface area (Å²) in [6, 6.07) is 18.3. The minimum Gasteiger partial charge on any atom is -0.0683 e. The maximum atomic E-state index is 2.47. The molecule has 156 valence electrons. The summed E-state index contributed by atoms with van der Waals surface area (Å²) in [6.07, 6.45) is 1.25. The topological polar surface area (TPSA) is 0 Å². The molecule has 4 atom stereocenters. The van der Waals surface area contributed by atoms with E-state index in [1.54, 1.807) is 22.3 Å². The maximum Gasteiger partial charge on any atom is 0.0271 e. The first-order valence-electron chi connectivity index (χ1n) is 11.7. The molecule has 4 unspecified atom stereocenters. The van der Waals surface area contributed by atoms with E-state index in [0.717, 1.165) is 0 Å². The molecule has 0 nitrogen and oxygen atoms in total. The zero-order valence-corrected chi connectivity index (χ0v) is 20.1. The Morgan fingerprint density at radius 3 is 1.21 bits per heavy atom. The first-order chi connectivity index (χ1) is 13.5. The zero-order valence-electron chi connectivity index (χ0n) is 20.1. The van der Waals surface area contributed by atoms with Crippen molar-refractivity contribution in [3.8, 4) is 0 Å². The lowest BCUT2D eigenvalue weighted by atomic mass is 9.64. The van der Waals surface area contributed by atoms with Crippen molar-refractivity contribution in [3.05, 3.63) is 70.8 Å². The zero-order chi connectivity index (χ0) is 21.5. The predicted molar refractivity (Wildman–Crippen MR) is 127 cm³/mol. The quantitative estimate of drug-likeness (QED) is 0.428. The van der Waals surface area contributed by atoms with E-state index in [4.69, 9.17) is 0 Å². The van der Waals surface area contributed by atoms with Crippen molar-refractivity contribution in [1.29, 1.82) is 0 Å². The summed E-state index contributed by atoms with van der Waals surface area (Å²) >= 11 is 0. The Hall–Kier alpha value is -1.56. The molecule has 0 amide bonds. The van der Waals surface area contributed by atoms with Crippen LogP contribution in [-0.4, -0.2) is 0 Å². The third kappa shape index (κ3) is 3.68. The average Bonchev–Trinajstić information content (AvgIpc) is 3.12. The molecule has 0 aliphatic heterocycles. The highest BCUT2D eigenvalue weighted by molar-refractivity contribution is 5.58. The molecule has 0 saturated carbocycles. The van der Waals surface area contributed by atoms with E-state index in [1.807, 2.05) is 27.7 Å². The van der Waals surface area contributed by atoms with Crippen LogP contribution in [0.3, 0.4) is 0 Å². The number of benzene rings is 2. The van der Waals surface area contributed by atoms with E-state index in [2.05, 4.69) is 90.1 Å². The van der Waals surface area contributed by atoms with Crippen molar-refractivity contribution in [3.63, 3.8) is 0 Å². The minimum absolute atomic E-state index is 0.214. The normalized spacial score (nSPS) is 28.6. The Balaban J connectivity index is 0.000000502. The largest absolute Gasteiger partial charge is 0.0683 e. The van der Waals surface area contributed by atoms with Gasteiger partial charge in [0.2, 0.25) is 0 Å². The van der Waals surface area contributed by atoms with Crippen molar-refractivity contribution in [2.24, 2.45) is 11.8 Å². The Labute approximate surface area is 175 Å². The molecular weight excluding hydrogens is 336 g/mol. The Bertz CT molecular complexity index is 650. The standard InChI is InChI=1S/C21H24.C3H8.2C2H6/c1-13-15(3)21(19-11-7-5-9-17(13)19)16(4)14(2)18-10-6-8-12-20(18)21;1-3-2;2*1-2/h5-16H,1-4H3;3H2,1-2H3;2*1-2H3. The van der Waals surface area contributed by atoms with Crippen LogP contribution in [0.2, 0.25) is 0 Å². The molecule has 2 aliphatic rings. The molecule has 2 aromatic rings.